The third-order valence-corrected chi connectivity index (χ3v) is 2.87. The molecule has 5 heteroatoms. The lowest BCUT2D eigenvalue weighted by Crippen LogP contribution is -2.15. The molecule has 0 aromatic carbocycles. The summed E-state index contributed by atoms with van der Waals surface area (Å²) >= 11 is 0. The van der Waals surface area contributed by atoms with E-state index in [0.717, 1.165) is 17.1 Å². The van der Waals surface area contributed by atoms with E-state index in [1.807, 2.05) is 18.5 Å². The van der Waals surface area contributed by atoms with E-state index in [1.54, 1.807) is 6.92 Å². The molecule has 1 heterocycles. The number of aromatic nitrogens is 2. The molecular formula is C13H23N3O2. The minimum absolute atomic E-state index is 0.0783. The summed E-state index contributed by atoms with van der Waals surface area (Å²) in [6.07, 6.45) is 0.349. The number of nitrogens with one attached hydrogen (secondary N) is 1. The Morgan fingerprint density at radius 3 is 2.44 bits per heavy atom. The van der Waals surface area contributed by atoms with Crippen molar-refractivity contribution in [3.8, 4) is 0 Å². The molecule has 1 aromatic rings. The number of carbonyl (C=O) groups is 1. The van der Waals surface area contributed by atoms with Crippen LogP contribution < -0.4 is 5.32 Å². The first-order valence-corrected chi connectivity index (χ1v) is 6.36. The molecular weight excluding hydrogens is 230 g/mol. The van der Waals surface area contributed by atoms with Crippen LogP contribution in [0.1, 0.15) is 51.0 Å². The summed E-state index contributed by atoms with van der Waals surface area (Å²) in [5.74, 6) is -0.0783. The minimum Gasteiger partial charge on any atom is -0.393 e. The highest BCUT2D eigenvalue weighted by molar-refractivity contribution is 5.91. The van der Waals surface area contributed by atoms with Crippen LogP contribution in [-0.4, -0.2) is 26.9 Å². The summed E-state index contributed by atoms with van der Waals surface area (Å²) in [6, 6.07) is 0.270. The van der Waals surface area contributed by atoms with Crippen molar-refractivity contribution < 1.29 is 9.90 Å². The fraction of sp³-hybridized carbons (Fsp3) is 0.692. The van der Waals surface area contributed by atoms with E-state index in [1.165, 1.54) is 0 Å². The largest absolute Gasteiger partial charge is 0.393 e. The van der Waals surface area contributed by atoms with Crippen LogP contribution in [0.3, 0.4) is 0 Å². The molecule has 1 amide bonds. The molecule has 0 saturated carbocycles. The third-order valence-electron chi connectivity index (χ3n) is 2.87. The van der Waals surface area contributed by atoms with Gasteiger partial charge in [0.2, 0.25) is 5.91 Å². The van der Waals surface area contributed by atoms with Crippen molar-refractivity contribution in [3.63, 3.8) is 0 Å². The summed E-state index contributed by atoms with van der Waals surface area (Å²) in [4.78, 5) is 11.7. The molecule has 0 fully saturated rings. The predicted molar refractivity (Wildman–Crippen MR) is 71.6 cm³/mol. The summed E-state index contributed by atoms with van der Waals surface area (Å²) in [5.41, 5.74) is 2.58. The summed E-state index contributed by atoms with van der Waals surface area (Å²) in [6.45, 7) is 9.62. The van der Waals surface area contributed by atoms with Gasteiger partial charge < -0.3 is 10.4 Å². The van der Waals surface area contributed by atoms with Crippen molar-refractivity contribution in [3.05, 3.63) is 11.4 Å². The fourth-order valence-electron chi connectivity index (χ4n) is 1.89. The molecule has 1 atom stereocenters. The van der Waals surface area contributed by atoms with E-state index in [9.17, 15) is 4.79 Å². The van der Waals surface area contributed by atoms with Crippen LogP contribution in [0, 0.1) is 13.8 Å². The van der Waals surface area contributed by atoms with Crippen molar-refractivity contribution in [1.82, 2.24) is 9.78 Å². The standard InChI is InChI=1S/C13H23N3O2/c1-8(2)16-11(5)13(10(4)15-16)14-12(18)7-6-9(3)17/h8-9,17H,6-7H2,1-5H3,(H,14,18). The van der Waals surface area contributed by atoms with Crippen LogP contribution in [0.25, 0.3) is 0 Å². The Bertz CT molecular complexity index is 422. The third kappa shape index (κ3) is 3.57. The topological polar surface area (TPSA) is 67.2 Å². The first-order valence-electron chi connectivity index (χ1n) is 6.36. The molecule has 0 saturated heterocycles. The van der Waals surface area contributed by atoms with Crippen molar-refractivity contribution in [2.75, 3.05) is 5.32 Å². The van der Waals surface area contributed by atoms with Gasteiger partial charge in [-0.3, -0.25) is 9.48 Å². The summed E-state index contributed by atoms with van der Waals surface area (Å²) in [5, 5.41) is 16.4. The highest BCUT2D eigenvalue weighted by Gasteiger charge is 2.15. The maximum Gasteiger partial charge on any atom is 0.224 e. The molecule has 0 aliphatic heterocycles. The van der Waals surface area contributed by atoms with Gasteiger partial charge in [-0.2, -0.15) is 5.10 Å². The van der Waals surface area contributed by atoms with Crippen molar-refractivity contribution in [2.45, 2.75) is 59.6 Å². The van der Waals surface area contributed by atoms with Crippen LogP contribution in [0.5, 0.6) is 0 Å². The highest BCUT2D eigenvalue weighted by Crippen LogP contribution is 2.22. The Kier molecular flexibility index (Phi) is 4.90. The Morgan fingerprint density at radius 1 is 1.39 bits per heavy atom. The molecule has 1 rings (SSSR count). The zero-order chi connectivity index (χ0) is 13.9. The lowest BCUT2D eigenvalue weighted by atomic mass is 10.2. The quantitative estimate of drug-likeness (QED) is 0.845. The number of hydrogen-bond acceptors (Lipinski definition) is 3. The smallest absolute Gasteiger partial charge is 0.224 e. The molecule has 18 heavy (non-hydrogen) atoms. The van der Waals surface area contributed by atoms with E-state index in [4.69, 9.17) is 5.11 Å². The van der Waals surface area contributed by atoms with Crippen LogP contribution >= 0.6 is 0 Å². The number of amides is 1. The van der Waals surface area contributed by atoms with Gasteiger partial charge >= 0.3 is 0 Å². The van der Waals surface area contributed by atoms with Gasteiger partial charge in [0, 0.05) is 12.5 Å². The molecule has 0 radical (unpaired) electrons. The van der Waals surface area contributed by atoms with Crippen molar-refractivity contribution >= 4 is 11.6 Å². The molecule has 0 aliphatic carbocycles. The van der Waals surface area contributed by atoms with E-state index in [-0.39, 0.29) is 11.9 Å². The Labute approximate surface area is 108 Å². The predicted octanol–water partition coefficient (Wildman–Crippen LogP) is 2.18. The molecule has 5 nitrogen and oxygen atoms in total. The van der Waals surface area contributed by atoms with Gasteiger partial charge in [-0.25, -0.2) is 0 Å². The number of aliphatic hydroxyl groups excluding tert-OH is 1. The van der Waals surface area contributed by atoms with Crippen molar-refractivity contribution in [2.24, 2.45) is 0 Å². The van der Waals surface area contributed by atoms with E-state index in [2.05, 4.69) is 24.3 Å². The van der Waals surface area contributed by atoms with E-state index < -0.39 is 6.10 Å². The second kappa shape index (κ2) is 6.00. The van der Waals surface area contributed by atoms with Crippen LogP contribution in [0.15, 0.2) is 0 Å². The van der Waals surface area contributed by atoms with Gasteiger partial charge in [0.25, 0.3) is 0 Å². The monoisotopic (exact) mass is 253 g/mol. The number of carbonyl (C=O) groups excluding carboxylic acids is 1. The van der Waals surface area contributed by atoms with Gasteiger partial charge in [0.15, 0.2) is 0 Å². The molecule has 1 aromatic heterocycles. The lowest BCUT2D eigenvalue weighted by Gasteiger charge is -2.09. The fourth-order valence-corrected chi connectivity index (χ4v) is 1.89. The average Bonchev–Trinajstić information content (AvgIpc) is 2.54. The zero-order valence-corrected chi connectivity index (χ0v) is 11.8. The Balaban J connectivity index is 2.76. The normalized spacial score (nSPS) is 12.8. The molecule has 102 valence electrons. The lowest BCUT2D eigenvalue weighted by molar-refractivity contribution is -0.116. The van der Waals surface area contributed by atoms with E-state index in [0.29, 0.717) is 12.8 Å². The van der Waals surface area contributed by atoms with Crippen LogP contribution in [0.4, 0.5) is 5.69 Å². The molecule has 2 N–H and O–H groups in total. The number of rotatable bonds is 5. The zero-order valence-electron chi connectivity index (χ0n) is 11.8. The van der Waals surface area contributed by atoms with Gasteiger partial charge in [-0.1, -0.05) is 0 Å². The maximum absolute atomic E-state index is 11.7. The number of aryl methyl sites for hydroxylation is 1. The molecule has 1 unspecified atom stereocenters. The number of anilines is 1. The maximum atomic E-state index is 11.7. The van der Waals surface area contributed by atoms with E-state index >= 15 is 0 Å². The first kappa shape index (κ1) is 14.7. The highest BCUT2D eigenvalue weighted by atomic mass is 16.3. The summed E-state index contributed by atoms with van der Waals surface area (Å²) in [7, 11) is 0. The Morgan fingerprint density at radius 2 is 2.00 bits per heavy atom. The first-order chi connectivity index (χ1) is 8.32. The Hall–Kier alpha value is -1.36. The van der Waals surface area contributed by atoms with Crippen LogP contribution in [-0.2, 0) is 4.79 Å². The van der Waals surface area contributed by atoms with Gasteiger partial charge in [-0.05, 0) is 41.0 Å². The second-order valence-corrected chi connectivity index (χ2v) is 5.02. The van der Waals surface area contributed by atoms with Gasteiger partial charge in [0.05, 0.1) is 23.2 Å². The second-order valence-electron chi connectivity index (χ2n) is 5.02. The SMILES string of the molecule is Cc1nn(C(C)C)c(C)c1NC(=O)CCC(C)O. The summed E-state index contributed by atoms with van der Waals surface area (Å²) < 4.78 is 1.90. The molecule has 0 bridgehead atoms. The van der Waals surface area contributed by atoms with Gasteiger partial charge in [-0.15, -0.1) is 0 Å². The number of aliphatic hydroxyl groups is 1. The molecule has 0 aliphatic rings. The van der Waals surface area contributed by atoms with Crippen LogP contribution in [0.2, 0.25) is 0 Å². The molecule has 0 spiro atoms. The minimum atomic E-state index is -0.448. The van der Waals surface area contributed by atoms with Crippen molar-refractivity contribution in [1.29, 1.82) is 0 Å². The number of hydrogen-bond donors (Lipinski definition) is 2. The van der Waals surface area contributed by atoms with Gasteiger partial charge in [0.1, 0.15) is 0 Å². The average molecular weight is 253 g/mol. The number of nitrogens with zero attached hydrogens (tertiary/aromatic N) is 2.